The molecule has 0 radical (unpaired) electrons. The van der Waals surface area contributed by atoms with Crippen molar-refractivity contribution in [1.82, 2.24) is 10.6 Å². The van der Waals surface area contributed by atoms with Gasteiger partial charge >= 0.3 is 0 Å². The van der Waals surface area contributed by atoms with Gasteiger partial charge in [0.05, 0.1) is 5.56 Å². The first-order valence-corrected chi connectivity index (χ1v) is 13.0. The van der Waals surface area contributed by atoms with E-state index in [0.717, 1.165) is 5.69 Å². The van der Waals surface area contributed by atoms with Crippen LogP contribution in [0.5, 0.6) is 5.75 Å². The molecule has 0 heterocycles. The predicted octanol–water partition coefficient (Wildman–Crippen LogP) is 1.07. The average molecular weight is 545 g/mol. The van der Waals surface area contributed by atoms with E-state index in [4.69, 9.17) is 5.73 Å². The molecule has 11 nitrogen and oxygen atoms in total. The van der Waals surface area contributed by atoms with Crippen LogP contribution in [0.3, 0.4) is 0 Å². The second-order valence-electron chi connectivity index (χ2n) is 11.1. The normalized spacial score (nSPS) is 24.1. The van der Waals surface area contributed by atoms with Crippen molar-refractivity contribution >= 4 is 28.9 Å². The van der Waals surface area contributed by atoms with E-state index in [9.17, 15) is 34.8 Å². The van der Waals surface area contributed by atoms with Crippen LogP contribution < -0.4 is 21.3 Å². The molecule has 1 saturated carbocycles. The number of aromatic hydroxyl groups is 1. The van der Waals surface area contributed by atoms with Gasteiger partial charge in [0.1, 0.15) is 22.8 Å². The lowest BCUT2D eigenvalue weighted by atomic mass is 9.59. The van der Waals surface area contributed by atoms with E-state index < -0.39 is 52.0 Å². The Kier molecular flexibility index (Phi) is 8.79. The molecule has 3 atom stereocenters. The number of benzene rings is 1. The van der Waals surface area contributed by atoms with E-state index in [2.05, 4.69) is 24.5 Å². The molecule has 1 fully saturated rings. The zero-order chi connectivity index (χ0) is 29.4. The maximum absolute atomic E-state index is 13.7. The number of nitrogens with one attached hydrogen (secondary N) is 2. The predicted molar refractivity (Wildman–Crippen MR) is 147 cm³/mol. The van der Waals surface area contributed by atoms with Crippen LogP contribution in [0.4, 0.5) is 5.69 Å². The quantitative estimate of drug-likeness (QED) is 0.256. The first-order valence-electron chi connectivity index (χ1n) is 13.0. The number of fused-ring (bicyclic) bond motifs is 3. The summed E-state index contributed by atoms with van der Waals surface area (Å²) in [6, 6.07) is 1.85. The maximum Gasteiger partial charge on any atom is 0.255 e. The fraction of sp³-hybridized carbons (Fsp3) is 0.536. The molecular weight excluding hydrogens is 504 g/mol. The Bertz CT molecular complexity index is 1250. The zero-order valence-corrected chi connectivity index (χ0v) is 23.4. The number of aliphatic hydroxyl groups excluding tert-OH is 2. The van der Waals surface area contributed by atoms with Crippen molar-refractivity contribution in [2.75, 3.05) is 39.6 Å². The molecule has 0 bridgehead atoms. The van der Waals surface area contributed by atoms with Gasteiger partial charge in [-0.3, -0.25) is 14.4 Å². The molecule has 1 amide bonds. The van der Waals surface area contributed by atoms with Crippen LogP contribution in [0.25, 0.3) is 5.76 Å². The van der Waals surface area contributed by atoms with Gasteiger partial charge < -0.3 is 41.7 Å². The number of carbonyl (C=O) groups excluding carboxylic acids is 3. The largest absolute Gasteiger partial charge is 0.508 e. The number of ketones is 2. The fourth-order valence-corrected chi connectivity index (χ4v) is 5.75. The van der Waals surface area contributed by atoms with E-state index in [1.165, 1.54) is 0 Å². The summed E-state index contributed by atoms with van der Waals surface area (Å²) in [6.07, 6.45) is 0.0393. The van der Waals surface area contributed by atoms with Gasteiger partial charge in [0.2, 0.25) is 5.78 Å². The number of Topliss-reactive ketones (excluding diaryl/α,β-unsaturated/α-hetero) is 2. The summed E-state index contributed by atoms with van der Waals surface area (Å²) in [4.78, 5) is 39.8. The number of hydrogen-bond donors (Lipinski definition) is 7. The molecule has 3 aliphatic rings. The van der Waals surface area contributed by atoms with Crippen LogP contribution in [0, 0.1) is 17.8 Å². The smallest absolute Gasteiger partial charge is 0.255 e. The summed E-state index contributed by atoms with van der Waals surface area (Å²) in [5.74, 6) is -5.85. The number of anilines is 1. The van der Waals surface area contributed by atoms with E-state index >= 15 is 0 Å². The van der Waals surface area contributed by atoms with Gasteiger partial charge in [-0.05, 0) is 56.9 Å². The van der Waals surface area contributed by atoms with Crippen molar-refractivity contribution in [1.29, 1.82) is 0 Å². The van der Waals surface area contributed by atoms with E-state index in [1.54, 1.807) is 0 Å². The fourth-order valence-electron chi connectivity index (χ4n) is 5.75. The van der Waals surface area contributed by atoms with Crippen LogP contribution in [-0.4, -0.2) is 78.2 Å². The van der Waals surface area contributed by atoms with Crippen LogP contribution in [0.15, 0.2) is 23.0 Å². The molecule has 214 valence electrons. The number of nitrogens with zero attached hydrogens (tertiary/aromatic N) is 1. The Morgan fingerprint density at radius 2 is 1.79 bits per heavy atom. The van der Waals surface area contributed by atoms with Gasteiger partial charge in [-0.1, -0.05) is 13.8 Å². The molecule has 11 heteroatoms. The van der Waals surface area contributed by atoms with Gasteiger partial charge in [0.15, 0.2) is 11.4 Å². The number of carbonyl (C=O) groups is 3. The summed E-state index contributed by atoms with van der Waals surface area (Å²) >= 11 is 0. The topological polar surface area (TPSA) is 185 Å². The van der Waals surface area contributed by atoms with Crippen LogP contribution in [-0.2, 0) is 27.3 Å². The lowest BCUT2D eigenvalue weighted by Gasteiger charge is -2.46. The summed E-state index contributed by atoms with van der Waals surface area (Å²) in [5.41, 5.74) is 3.78. The first-order chi connectivity index (χ1) is 18.2. The molecule has 8 N–H and O–H groups in total. The molecule has 1 aromatic rings. The number of amides is 1. The van der Waals surface area contributed by atoms with Gasteiger partial charge in [0.25, 0.3) is 5.91 Å². The number of nitrogens with two attached hydrogens (primary N) is 1. The molecule has 39 heavy (non-hydrogen) atoms. The first kappa shape index (κ1) is 30.1. The van der Waals surface area contributed by atoms with Crippen LogP contribution in [0.2, 0.25) is 0 Å². The molecule has 4 rings (SSSR count). The SMILES string of the molecule is CC(C)CNCc1cc(N(C)C)c2c(c1O)C(O)=C1C(=O)[C@]3(O)C(O)=C(C(N)=O)C(=O)C[C@@H]3CC1C2.CNC. The second kappa shape index (κ2) is 11.4. The van der Waals surface area contributed by atoms with Gasteiger partial charge in [-0.25, -0.2) is 0 Å². The van der Waals surface area contributed by atoms with Gasteiger partial charge in [-0.15, -0.1) is 0 Å². The third-order valence-corrected chi connectivity index (χ3v) is 7.47. The minimum Gasteiger partial charge on any atom is -0.508 e. The molecule has 0 saturated heterocycles. The van der Waals surface area contributed by atoms with Crippen LogP contribution >= 0.6 is 0 Å². The van der Waals surface area contributed by atoms with Gasteiger partial charge in [-0.2, -0.15) is 0 Å². The summed E-state index contributed by atoms with van der Waals surface area (Å²) in [7, 11) is 7.43. The number of hydrogen-bond acceptors (Lipinski definition) is 10. The molecule has 3 aliphatic carbocycles. The summed E-state index contributed by atoms with van der Waals surface area (Å²) in [6.45, 7) is 5.15. The Morgan fingerprint density at radius 1 is 1.18 bits per heavy atom. The van der Waals surface area contributed by atoms with Crippen molar-refractivity contribution in [3.63, 3.8) is 0 Å². The van der Waals surface area contributed by atoms with Crippen molar-refractivity contribution < 1.29 is 34.8 Å². The molecule has 1 aromatic carbocycles. The average Bonchev–Trinajstić information content (AvgIpc) is 2.82. The Morgan fingerprint density at radius 3 is 2.33 bits per heavy atom. The summed E-state index contributed by atoms with van der Waals surface area (Å²) in [5, 5.41) is 50.6. The Hall–Kier alpha value is -3.41. The number of primary amides is 1. The van der Waals surface area contributed by atoms with E-state index in [1.807, 2.05) is 39.2 Å². The zero-order valence-electron chi connectivity index (χ0n) is 23.4. The van der Waals surface area contributed by atoms with E-state index in [-0.39, 0.29) is 36.1 Å². The molecule has 0 aliphatic heterocycles. The second-order valence-corrected chi connectivity index (χ2v) is 11.1. The molecule has 1 unspecified atom stereocenters. The molecule has 0 spiro atoms. The van der Waals surface area contributed by atoms with Crippen molar-refractivity contribution in [3.05, 3.63) is 39.7 Å². The third kappa shape index (κ3) is 5.13. The number of phenols is 1. The van der Waals surface area contributed by atoms with Crippen LogP contribution in [0.1, 0.15) is 43.4 Å². The number of rotatable bonds is 6. The number of aliphatic hydroxyl groups is 3. The monoisotopic (exact) mass is 544 g/mol. The van der Waals surface area contributed by atoms with Crippen molar-refractivity contribution in [2.45, 2.75) is 45.3 Å². The van der Waals surface area contributed by atoms with E-state index in [0.29, 0.717) is 30.1 Å². The number of phenolic OH excluding ortho intramolecular Hbond substituents is 1. The highest BCUT2D eigenvalue weighted by Gasteiger charge is 2.60. The lowest BCUT2D eigenvalue weighted by molar-refractivity contribution is -0.147. The maximum atomic E-state index is 13.7. The molecular formula is C28H40N4O7. The summed E-state index contributed by atoms with van der Waals surface area (Å²) < 4.78 is 0. The minimum absolute atomic E-state index is 0.105. The highest BCUT2D eigenvalue weighted by atomic mass is 16.3. The molecule has 0 aromatic heterocycles. The van der Waals surface area contributed by atoms with Gasteiger partial charge in [0, 0.05) is 49.8 Å². The minimum atomic E-state index is -2.56. The Balaban J connectivity index is 0.00000134. The Labute approximate surface area is 228 Å². The highest BCUT2D eigenvalue weighted by Crippen LogP contribution is 2.53. The third-order valence-electron chi connectivity index (χ3n) is 7.47. The standard InChI is InChI=1S/C26H33N3O7.C2H7N/c1-11(2)9-28-10-13-7-16(29(3)4)15-6-12-5-14-8-17(30)20(25(27)35)24(34)26(14,36)23(33)18(12)22(32)19(15)21(13)31;1-3-2/h7,11-12,14,28,31-32,34,36H,5-6,8-10H2,1-4H3,(H2,27,35);3H,1-2H3/t12?,14-,26-;/m0./s1. The lowest BCUT2D eigenvalue weighted by Crippen LogP contribution is -2.58. The van der Waals surface area contributed by atoms with Crippen molar-refractivity contribution in [3.8, 4) is 5.75 Å². The van der Waals surface area contributed by atoms with Crippen molar-refractivity contribution in [2.24, 2.45) is 23.5 Å². The highest BCUT2D eigenvalue weighted by molar-refractivity contribution is 6.22.